The normalized spacial score (nSPS) is 25.6. The van der Waals surface area contributed by atoms with Crippen LogP contribution in [0.2, 0.25) is 0 Å². The van der Waals surface area contributed by atoms with Gasteiger partial charge >= 0.3 is 0 Å². The summed E-state index contributed by atoms with van der Waals surface area (Å²) in [6.45, 7) is 3.34. The highest BCUT2D eigenvalue weighted by Crippen LogP contribution is 2.40. The molecule has 160 valence electrons. The molecule has 2 aliphatic rings. The SMILES string of the molecule is Cl.Cl.NC[C@]1(c2ccccc2)CC[C@H](N2CCC(Cc3ccccc3)CC2)CC1. The molecule has 2 N–H and O–H groups in total. The third-order valence-electron chi connectivity index (χ3n) is 7.22. The summed E-state index contributed by atoms with van der Waals surface area (Å²) in [5.41, 5.74) is 9.44. The number of hydrogen-bond acceptors (Lipinski definition) is 2. The molecule has 1 aliphatic heterocycles. The topological polar surface area (TPSA) is 29.3 Å². The Morgan fingerprint density at radius 2 is 1.34 bits per heavy atom. The van der Waals surface area contributed by atoms with Crippen molar-refractivity contribution in [3.8, 4) is 0 Å². The lowest BCUT2D eigenvalue weighted by molar-refractivity contribution is 0.0875. The first-order chi connectivity index (χ1) is 13.3. The van der Waals surface area contributed by atoms with E-state index in [1.165, 1.54) is 69.2 Å². The van der Waals surface area contributed by atoms with E-state index in [4.69, 9.17) is 5.73 Å². The van der Waals surface area contributed by atoms with E-state index in [9.17, 15) is 0 Å². The maximum absolute atomic E-state index is 6.27. The molecule has 1 saturated carbocycles. The molecule has 2 fully saturated rings. The van der Waals surface area contributed by atoms with Crippen LogP contribution in [0.15, 0.2) is 60.7 Å². The second-order valence-electron chi connectivity index (χ2n) is 8.75. The van der Waals surface area contributed by atoms with Crippen molar-refractivity contribution in [3.05, 3.63) is 71.8 Å². The molecule has 4 rings (SSSR count). The van der Waals surface area contributed by atoms with Crippen LogP contribution in [0.3, 0.4) is 0 Å². The van der Waals surface area contributed by atoms with Gasteiger partial charge in [0.25, 0.3) is 0 Å². The first-order valence-corrected chi connectivity index (χ1v) is 10.8. The third kappa shape index (κ3) is 5.76. The first kappa shape index (κ1) is 24.2. The molecule has 29 heavy (non-hydrogen) atoms. The molecule has 2 aromatic carbocycles. The first-order valence-electron chi connectivity index (χ1n) is 10.8. The number of benzene rings is 2. The van der Waals surface area contributed by atoms with Gasteiger partial charge in [-0.15, -0.1) is 24.8 Å². The van der Waals surface area contributed by atoms with Gasteiger partial charge in [-0.2, -0.15) is 0 Å². The van der Waals surface area contributed by atoms with E-state index in [-0.39, 0.29) is 30.2 Å². The third-order valence-corrected chi connectivity index (χ3v) is 7.22. The number of nitrogens with zero attached hydrogens (tertiary/aromatic N) is 1. The lowest BCUT2D eigenvalue weighted by Crippen LogP contribution is -2.47. The Labute approximate surface area is 189 Å². The van der Waals surface area contributed by atoms with Gasteiger partial charge in [0.2, 0.25) is 0 Å². The van der Waals surface area contributed by atoms with Crippen molar-refractivity contribution < 1.29 is 0 Å². The van der Waals surface area contributed by atoms with Gasteiger partial charge in [-0.3, -0.25) is 0 Å². The Morgan fingerprint density at radius 3 is 1.90 bits per heavy atom. The molecule has 1 heterocycles. The summed E-state index contributed by atoms with van der Waals surface area (Å²) in [4.78, 5) is 2.78. The zero-order valence-electron chi connectivity index (χ0n) is 17.3. The molecule has 0 spiro atoms. The summed E-state index contributed by atoms with van der Waals surface area (Å²) in [5.74, 6) is 0.861. The Hall–Kier alpha value is -1.06. The zero-order valence-corrected chi connectivity index (χ0v) is 19.0. The van der Waals surface area contributed by atoms with Gasteiger partial charge < -0.3 is 10.6 Å². The van der Waals surface area contributed by atoms with E-state index >= 15 is 0 Å². The predicted octanol–water partition coefficient (Wildman–Crippen LogP) is 5.62. The van der Waals surface area contributed by atoms with E-state index in [1.54, 1.807) is 0 Å². The maximum atomic E-state index is 6.27. The van der Waals surface area contributed by atoms with Crippen molar-refractivity contribution in [2.24, 2.45) is 11.7 Å². The molecule has 0 radical (unpaired) electrons. The molecular weight excluding hydrogens is 399 g/mol. The summed E-state index contributed by atoms with van der Waals surface area (Å²) >= 11 is 0. The van der Waals surface area contributed by atoms with Gasteiger partial charge in [0.15, 0.2) is 0 Å². The van der Waals surface area contributed by atoms with Crippen molar-refractivity contribution in [1.29, 1.82) is 0 Å². The highest BCUT2D eigenvalue weighted by atomic mass is 35.5. The van der Waals surface area contributed by atoms with Crippen molar-refractivity contribution in [2.45, 2.75) is 56.4 Å². The summed E-state index contributed by atoms with van der Waals surface area (Å²) in [6, 6.07) is 22.8. The van der Waals surface area contributed by atoms with Crippen LogP contribution in [0, 0.1) is 5.92 Å². The molecule has 0 bridgehead atoms. The number of hydrogen-bond donors (Lipinski definition) is 1. The van der Waals surface area contributed by atoms with E-state index in [1.807, 2.05) is 0 Å². The van der Waals surface area contributed by atoms with Crippen LogP contribution >= 0.6 is 24.8 Å². The van der Waals surface area contributed by atoms with Gasteiger partial charge in [-0.1, -0.05) is 60.7 Å². The highest BCUT2D eigenvalue weighted by molar-refractivity contribution is 5.85. The maximum Gasteiger partial charge on any atom is 0.00959 e. The van der Waals surface area contributed by atoms with Crippen LogP contribution in [0.25, 0.3) is 0 Å². The second-order valence-corrected chi connectivity index (χ2v) is 8.75. The average molecular weight is 435 g/mol. The number of likely N-dealkylation sites (tertiary alicyclic amines) is 1. The van der Waals surface area contributed by atoms with Crippen molar-refractivity contribution >= 4 is 24.8 Å². The Bertz CT molecular complexity index is 691. The fraction of sp³-hybridized carbons (Fsp3) is 0.520. The number of rotatable bonds is 5. The molecule has 0 amide bonds. The minimum absolute atomic E-state index is 0. The molecule has 1 aliphatic carbocycles. The summed E-state index contributed by atoms with van der Waals surface area (Å²) in [7, 11) is 0. The number of nitrogens with two attached hydrogens (primary N) is 1. The fourth-order valence-corrected chi connectivity index (χ4v) is 5.39. The molecule has 1 saturated heterocycles. The molecule has 0 atom stereocenters. The quantitative estimate of drug-likeness (QED) is 0.660. The fourth-order valence-electron chi connectivity index (χ4n) is 5.39. The van der Waals surface area contributed by atoms with E-state index in [2.05, 4.69) is 65.6 Å². The monoisotopic (exact) mass is 434 g/mol. The van der Waals surface area contributed by atoms with Crippen LogP contribution in [0.4, 0.5) is 0 Å². The van der Waals surface area contributed by atoms with Crippen molar-refractivity contribution in [2.75, 3.05) is 19.6 Å². The lowest BCUT2D eigenvalue weighted by Gasteiger charge is -2.45. The van der Waals surface area contributed by atoms with Crippen molar-refractivity contribution in [1.82, 2.24) is 4.90 Å². The molecule has 0 aromatic heterocycles. The minimum Gasteiger partial charge on any atom is -0.330 e. The largest absolute Gasteiger partial charge is 0.330 e. The molecule has 4 heteroatoms. The van der Waals surface area contributed by atoms with Crippen LogP contribution in [-0.4, -0.2) is 30.6 Å². The van der Waals surface area contributed by atoms with Crippen molar-refractivity contribution in [3.63, 3.8) is 0 Å². The van der Waals surface area contributed by atoms with Gasteiger partial charge in [0, 0.05) is 18.0 Å². The Morgan fingerprint density at radius 1 is 0.793 bits per heavy atom. The minimum atomic E-state index is 0. The van der Waals surface area contributed by atoms with E-state index < -0.39 is 0 Å². The van der Waals surface area contributed by atoms with Crippen LogP contribution in [0.1, 0.15) is 49.7 Å². The van der Waals surface area contributed by atoms with Gasteiger partial charge in [-0.05, 0) is 75.1 Å². The van der Waals surface area contributed by atoms with Crippen LogP contribution < -0.4 is 5.73 Å². The summed E-state index contributed by atoms with van der Waals surface area (Å²) in [5, 5.41) is 0. The average Bonchev–Trinajstić information content (AvgIpc) is 2.76. The van der Waals surface area contributed by atoms with Gasteiger partial charge in [0.1, 0.15) is 0 Å². The molecule has 2 nitrogen and oxygen atoms in total. The van der Waals surface area contributed by atoms with E-state index in [0.717, 1.165) is 18.5 Å². The highest BCUT2D eigenvalue weighted by Gasteiger charge is 2.37. The standard InChI is InChI=1S/C25H34N2.2ClH/c26-20-25(23-9-5-2-6-10-23)15-11-24(12-16-25)27-17-13-22(14-18-27)19-21-7-3-1-4-8-21;;/h1-10,22,24H,11-20,26H2;2*1H/t24-,25-;;. The number of halogens is 2. The number of piperidine rings is 1. The second kappa shape index (κ2) is 11.4. The smallest absolute Gasteiger partial charge is 0.00959 e. The summed E-state index contributed by atoms with van der Waals surface area (Å²) in [6.07, 6.45) is 9.04. The molecule has 2 aromatic rings. The Kier molecular flexibility index (Phi) is 9.49. The summed E-state index contributed by atoms with van der Waals surface area (Å²) < 4.78 is 0. The molecular formula is C25H36Cl2N2. The zero-order chi connectivity index (χ0) is 18.5. The lowest BCUT2D eigenvalue weighted by atomic mass is 9.68. The predicted molar refractivity (Wildman–Crippen MR) is 128 cm³/mol. The van der Waals surface area contributed by atoms with Gasteiger partial charge in [-0.25, -0.2) is 0 Å². The Balaban J connectivity index is 0.00000150. The van der Waals surface area contributed by atoms with Gasteiger partial charge in [0.05, 0.1) is 0 Å². The van der Waals surface area contributed by atoms with E-state index in [0.29, 0.717) is 0 Å². The molecule has 0 unspecified atom stereocenters. The van der Waals surface area contributed by atoms with Crippen LogP contribution in [0.5, 0.6) is 0 Å². The van der Waals surface area contributed by atoms with Crippen LogP contribution in [-0.2, 0) is 11.8 Å².